The quantitative estimate of drug-likeness (QED) is 0.759. The Morgan fingerprint density at radius 3 is 2.76 bits per heavy atom. The molecule has 0 fully saturated rings. The van der Waals surface area contributed by atoms with Crippen molar-refractivity contribution < 1.29 is 14.2 Å². The summed E-state index contributed by atoms with van der Waals surface area (Å²) in [5, 5.41) is 8.97. The Morgan fingerprint density at radius 1 is 1.41 bits per heavy atom. The maximum atomic E-state index is 8.97. The van der Waals surface area contributed by atoms with Gasteiger partial charge in [0.05, 0.1) is 19.3 Å². The Hall–Kier alpha value is -1.73. The molecule has 0 heterocycles. The first-order chi connectivity index (χ1) is 8.21. The van der Waals surface area contributed by atoms with Crippen LogP contribution in [0.2, 0.25) is 0 Å². The molecule has 0 saturated carbocycles. The number of nitriles is 1. The second-order valence-corrected chi connectivity index (χ2v) is 3.56. The number of methoxy groups -OCH3 is 1. The Balaban J connectivity index is 2.77. The number of benzene rings is 1. The third-order valence-corrected chi connectivity index (χ3v) is 2.19. The summed E-state index contributed by atoms with van der Waals surface area (Å²) in [6.45, 7) is 4.98. The summed E-state index contributed by atoms with van der Waals surface area (Å²) in [5.74, 6) is 1.20. The average molecular weight is 235 g/mol. The van der Waals surface area contributed by atoms with E-state index in [4.69, 9.17) is 19.5 Å². The minimum Gasteiger partial charge on any atom is -0.497 e. The predicted molar refractivity (Wildman–Crippen MR) is 64.3 cm³/mol. The zero-order valence-electron chi connectivity index (χ0n) is 10.4. The van der Waals surface area contributed by atoms with Crippen molar-refractivity contribution in [3.05, 3.63) is 23.8 Å². The van der Waals surface area contributed by atoms with E-state index < -0.39 is 0 Å². The molecule has 0 radical (unpaired) electrons. The van der Waals surface area contributed by atoms with Gasteiger partial charge in [0.15, 0.2) is 0 Å². The van der Waals surface area contributed by atoms with Crippen LogP contribution >= 0.6 is 0 Å². The molecule has 0 aliphatic rings. The molecule has 0 N–H and O–H groups in total. The molecule has 1 aromatic carbocycles. The minimum atomic E-state index is -0.103. The third-order valence-electron chi connectivity index (χ3n) is 2.19. The SMILES string of the molecule is CCOCC(C)Oc1cc(OC)ccc1C#N. The van der Waals surface area contributed by atoms with Gasteiger partial charge < -0.3 is 14.2 Å². The van der Waals surface area contributed by atoms with E-state index in [0.717, 1.165) is 0 Å². The van der Waals surface area contributed by atoms with Gasteiger partial charge in [-0.25, -0.2) is 0 Å². The molecule has 0 bridgehead atoms. The lowest BCUT2D eigenvalue weighted by Gasteiger charge is -2.16. The third kappa shape index (κ3) is 3.97. The van der Waals surface area contributed by atoms with Crippen LogP contribution in [0.3, 0.4) is 0 Å². The molecule has 0 amide bonds. The lowest BCUT2D eigenvalue weighted by atomic mass is 10.2. The second-order valence-electron chi connectivity index (χ2n) is 3.56. The van der Waals surface area contributed by atoms with Crippen LogP contribution in [-0.4, -0.2) is 26.4 Å². The smallest absolute Gasteiger partial charge is 0.141 e. The fourth-order valence-electron chi connectivity index (χ4n) is 1.35. The molecule has 1 unspecified atom stereocenters. The maximum Gasteiger partial charge on any atom is 0.141 e. The molecule has 4 nitrogen and oxygen atoms in total. The van der Waals surface area contributed by atoms with E-state index in [1.54, 1.807) is 25.3 Å². The highest BCUT2D eigenvalue weighted by Crippen LogP contribution is 2.25. The zero-order valence-corrected chi connectivity index (χ0v) is 10.4. The molecule has 0 spiro atoms. The van der Waals surface area contributed by atoms with E-state index >= 15 is 0 Å². The molecule has 1 rings (SSSR count). The summed E-state index contributed by atoms with van der Waals surface area (Å²) >= 11 is 0. The standard InChI is InChI=1S/C13H17NO3/c1-4-16-9-10(2)17-13-7-12(15-3)6-5-11(13)8-14/h5-7,10H,4,9H2,1-3H3. The Bertz CT molecular complexity index is 398. The van der Waals surface area contributed by atoms with Gasteiger partial charge in [-0.3, -0.25) is 0 Å². The van der Waals surface area contributed by atoms with E-state index in [1.165, 1.54) is 0 Å². The Morgan fingerprint density at radius 2 is 2.18 bits per heavy atom. The first-order valence-corrected chi connectivity index (χ1v) is 5.53. The highest BCUT2D eigenvalue weighted by molar-refractivity contribution is 5.47. The molecule has 92 valence electrons. The van der Waals surface area contributed by atoms with E-state index in [9.17, 15) is 0 Å². The largest absolute Gasteiger partial charge is 0.497 e. The van der Waals surface area contributed by atoms with Crippen LogP contribution in [0.25, 0.3) is 0 Å². The van der Waals surface area contributed by atoms with Crippen LogP contribution in [-0.2, 0) is 4.74 Å². The van der Waals surface area contributed by atoms with Crippen molar-refractivity contribution in [3.63, 3.8) is 0 Å². The summed E-state index contributed by atoms with van der Waals surface area (Å²) in [6.07, 6.45) is -0.103. The topological polar surface area (TPSA) is 51.5 Å². The molecule has 4 heteroatoms. The van der Waals surface area contributed by atoms with Gasteiger partial charge in [0.25, 0.3) is 0 Å². The van der Waals surface area contributed by atoms with Crippen LogP contribution in [0.5, 0.6) is 11.5 Å². The second kappa shape index (κ2) is 6.77. The molecule has 0 aromatic heterocycles. The number of rotatable bonds is 6. The first kappa shape index (κ1) is 13.3. The van der Waals surface area contributed by atoms with Crippen LogP contribution in [0, 0.1) is 11.3 Å². The van der Waals surface area contributed by atoms with Gasteiger partial charge in [-0.1, -0.05) is 0 Å². The van der Waals surface area contributed by atoms with Gasteiger partial charge in [-0.05, 0) is 26.0 Å². The van der Waals surface area contributed by atoms with Crippen molar-refractivity contribution in [2.45, 2.75) is 20.0 Å². The van der Waals surface area contributed by atoms with Crippen molar-refractivity contribution in [3.8, 4) is 17.6 Å². The van der Waals surface area contributed by atoms with Crippen LogP contribution < -0.4 is 9.47 Å². The van der Waals surface area contributed by atoms with Gasteiger partial charge in [0.2, 0.25) is 0 Å². The highest BCUT2D eigenvalue weighted by Gasteiger charge is 2.09. The summed E-state index contributed by atoms with van der Waals surface area (Å²) < 4.78 is 16.0. The molecular weight excluding hydrogens is 218 g/mol. The zero-order chi connectivity index (χ0) is 12.7. The average Bonchev–Trinajstić information content (AvgIpc) is 2.36. The molecule has 17 heavy (non-hydrogen) atoms. The molecular formula is C13H17NO3. The molecule has 1 aromatic rings. The predicted octanol–water partition coefficient (Wildman–Crippen LogP) is 2.37. The first-order valence-electron chi connectivity index (χ1n) is 5.53. The maximum absolute atomic E-state index is 8.97. The lowest BCUT2D eigenvalue weighted by molar-refractivity contribution is 0.0654. The van der Waals surface area contributed by atoms with Crippen LogP contribution in [0.1, 0.15) is 19.4 Å². The van der Waals surface area contributed by atoms with Crippen molar-refractivity contribution in [1.82, 2.24) is 0 Å². The van der Waals surface area contributed by atoms with E-state index in [-0.39, 0.29) is 6.10 Å². The van der Waals surface area contributed by atoms with Gasteiger partial charge in [0, 0.05) is 12.7 Å². The number of hydrogen-bond acceptors (Lipinski definition) is 4. The fraction of sp³-hybridized carbons (Fsp3) is 0.462. The van der Waals surface area contributed by atoms with Gasteiger partial charge in [0.1, 0.15) is 23.7 Å². The van der Waals surface area contributed by atoms with Gasteiger partial charge in [-0.2, -0.15) is 5.26 Å². The Kier molecular flexibility index (Phi) is 5.31. The summed E-state index contributed by atoms with van der Waals surface area (Å²) in [7, 11) is 1.58. The van der Waals surface area contributed by atoms with Crippen molar-refractivity contribution in [2.24, 2.45) is 0 Å². The van der Waals surface area contributed by atoms with E-state index in [2.05, 4.69) is 6.07 Å². The van der Waals surface area contributed by atoms with Crippen LogP contribution in [0.4, 0.5) is 0 Å². The lowest BCUT2D eigenvalue weighted by Crippen LogP contribution is -2.19. The molecule has 0 saturated heterocycles. The number of nitrogens with zero attached hydrogens (tertiary/aromatic N) is 1. The number of hydrogen-bond donors (Lipinski definition) is 0. The van der Waals surface area contributed by atoms with Crippen molar-refractivity contribution in [2.75, 3.05) is 20.3 Å². The Labute approximate surface area is 102 Å². The molecule has 0 aliphatic heterocycles. The molecule has 0 aliphatic carbocycles. The van der Waals surface area contributed by atoms with Gasteiger partial charge in [-0.15, -0.1) is 0 Å². The van der Waals surface area contributed by atoms with Crippen LogP contribution in [0.15, 0.2) is 18.2 Å². The summed E-state index contributed by atoms with van der Waals surface area (Å²) in [5.41, 5.74) is 0.495. The molecule has 1 atom stereocenters. The fourth-order valence-corrected chi connectivity index (χ4v) is 1.35. The number of ether oxygens (including phenoxy) is 3. The monoisotopic (exact) mass is 235 g/mol. The summed E-state index contributed by atoms with van der Waals surface area (Å²) in [6, 6.07) is 7.21. The van der Waals surface area contributed by atoms with E-state index in [1.807, 2.05) is 13.8 Å². The summed E-state index contributed by atoms with van der Waals surface area (Å²) in [4.78, 5) is 0. The highest BCUT2D eigenvalue weighted by atomic mass is 16.5. The van der Waals surface area contributed by atoms with Crippen molar-refractivity contribution >= 4 is 0 Å². The van der Waals surface area contributed by atoms with Crippen molar-refractivity contribution in [1.29, 1.82) is 5.26 Å². The van der Waals surface area contributed by atoms with Gasteiger partial charge >= 0.3 is 0 Å². The normalized spacial score (nSPS) is 11.6. The van der Waals surface area contributed by atoms with E-state index in [0.29, 0.717) is 30.3 Å². The minimum absolute atomic E-state index is 0.103.